The third kappa shape index (κ3) is 8.75. The summed E-state index contributed by atoms with van der Waals surface area (Å²) in [6.45, 7) is 4.41. The average Bonchev–Trinajstić information content (AvgIpc) is 3.03. The second kappa shape index (κ2) is 13.9. The number of H-pyrrole nitrogens is 1. The topological polar surface area (TPSA) is 220 Å². The fourth-order valence-electron chi connectivity index (χ4n) is 3.31. The Labute approximate surface area is 232 Å². The Morgan fingerprint density at radius 1 is 1.10 bits per heavy atom. The third-order valence-electron chi connectivity index (χ3n) is 5.13. The first-order valence-corrected chi connectivity index (χ1v) is 13.7. The number of phosphoric acid groups is 1. The van der Waals surface area contributed by atoms with Crippen LogP contribution in [0.2, 0.25) is 0 Å². The molecule has 0 aliphatic carbocycles. The molecule has 1 aromatic rings. The molecular formula is C21H32ClN2O15P. The lowest BCUT2D eigenvalue weighted by molar-refractivity contribution is -0.123. The highest BCUT2D eigenvalue weighted by Gasteiger charge is 2.62. The van der Waals surface area contributed by atoms with E-state index in [1.165, 1.54) is 0 Å². The SMILES string of the molecule is CC(C)OC(=O)OCOP(=O)(OCOC(=O)OC(C)C)OCC1(CCl)OC(n2ccc(=O)[nH]c2=O)C(C)(O)C1O. The lowest BCUT2D eigenvalue weighted by atomic mass is 9.89. The summed E-state index contributed by atoms with van der Waals surface area (Å²) in [5.74, 6) is -0.590. The fraction of sp³-hybridized carbons (Fsp3) is 0.714. The van der Waals surface area contributed by atoms with E-state index in [-0.39, 0.29) is 0 Å². The number of rotatable bonds is 13. The molecule has 17 nitrogen and oxygen atoms in total. The Morgan fingerprint density at radius 2 is 1.62 bits per heavy atom. The summed E-state index contributed by atoms with van der Waals surface area (Å²) in [5, 5.41) is 21.9. The van der Waals surface area contributed by atoms with Crippen molar-refractivity contribution >= 4 is 31.7 Å². The second-order valence-corrected chi connectivity index (χ2v) is 11.1. The first-order chi connectivity index (χ1) is 18.5. The second-order valence-electron chi connectivity index (χ2n) is 9.15. The maximum Gasteiger partial charge on any atom is 0.510 e. The summed E-state index contributed by atoms with van der Waals surface area (Å²) in [7, 11) is -4.80. The normalized spacial score (nSPS) is 24.8. The zero-order valence-corrected chi connectivity index (χ0v) is 23.9. The highest BCUT2D eigenvalue weighted by atomic mass is 35.5. The van der Waals surface area contributed by atoms with Crippen molar-refractivity contribution in [1.29, 1.82) is 0 Å². The number of aromatic amines is 1. The van der Waals surface area contributed by atoms with Crippen LogP contribution in [0.3, 0.4) is 0 Å². The van der Waals surface area contributed by atoms with Gasteiger partial charge in [-0.25, -0.2) is 28.0 Å². The Bertz CT molecular complexity index is 1150. The van der Waals surface area contributed by atoms with Crippen molar-refractivity contribution < 1.29 is 61.6 Å². The zero-order chi connectivity index (χ0) is 30.3. The summed E-state index contributed by atoms with van der Waals surface area (Å²) >= 11 is 6.06. The van der Waals surface area contributed by atoms with Gasteiger partial charge < -0.3 is 33.9 Å². The van der Waals surface area contributed by atoms with Gasteiger partial charge in [-0.3, -0.25) is 18.9 Å². The Kier molecular flexibility index (Phi) is 11.7. The fourth-order valence-corrected chi connectivity index (χ4v) is 4.56. The van der Waals surface area contributed by atoms with E-state index in [0.29, 0.717) is 0 Å². The van der Waals surface area contributed by atoms with Crippen LogP contribution in [0, 0.1) is 0 Å². The molecule has 40 heavy (non-hydrogen) atoms. The molecule has 2 heterocycles. The maximum atomic E-state index is 13.3. The van der Waals surface area contributed by atoms with E-state index in [1.807, 2.05) is 4.98 Å². The molecule has 1 aliphatic rings. The highest BCUT2D eigenvalue weighted by Crippen LogP contribution is 2.52. The van der Waals surface area contributed by atoms with Crippen molar-refractivity contribution in [2.45, 2.75) is 70.4 Å². The Morgan fingerprint density at radius 3 is 2.08 bits per heavy atom. The molecule has 0 bridgehead atoms. The van der Waals surface area contributed by atoms with Gasteiger partial charge >= 0.3 is 25.8 Å². The Hall–Kier alpha value is -2.50. The predicted octanol–water partition coefficient (Wildman–Crippen LogP) is 1.35. The van der Waals surface area contributed by atoms with Gasteiger partial charge in [0.25, 0.3) is 5.56 Å². The summed E-state index contributed by atoms with van der Waals surface area (Å²) in [6.07, 6.45) is -5.86. The van der Waals surface area contributed by atoms with Gasteiger partial charge in [0.2, 0.25) is 13.6 Å². The van der Waals surface area contributed by atoms with E-state index in [0.717, 1.165) is 23.8 Å². The van der Waals surface area contributed by atoms with Crippen LogP contribution < -0.4 is 11.2 Å². The first kappa shape index (κ1) is 33.7. The summed E-state index contributed by atoms with van der Waals surface area (Å²) in [5.41, 5.74) is -5.92. The number of ether oxygens (including phenoxy) is 5. The van der Waals surface area contributed by atoms with Crippen LogP contribution in [-0.2, 0) is 41.8 Å². The number of phosphoric ester groups is 1. The predicted molar refractivity (Wildman–Crippen MR) is 132 cm³/mol. The minimum Gasteiger partial charge on any atom is -0.432 e. The maximum absolute atomic E-state index is 13.3. The molecular weight excluding hydrogens is 587 g/mol. The molecule has 0 aromatic carbocycles. The molecule has 1 aliphatic heterocycles. The number of aliphatic hydroxyl groups excluding tert-OH is 1. The highest BCUT2D eigenvalue weighted by molar-refractivity contribution is 7.48. The molecule has 19 heteroatoms. The van der Waals surface area contributed by atoms with Crippen molar-refractivity contribution in [3.05, 3.63) is 33.1 Å². The number of carbonyl (C=O) groups excluding carboxylic acids is 2. The van der Waals surface area contributed by atoms with Gasteiger partial charge in [-0.15, -0.1) is 11.6 Å². The summed E-state index contributed by atoms with van der Waals surface area (Å²) in [4.78, 5) is 49.0. The van der Waals surface area contributed by atoms with Crippen molar-refractivity contribution in [1.82, 2.24) is 9.55 Å². The largest absolute Gasteiger partial charge is 0.510 e. The van der Waals surface area contributed by atoms with E-state index in [9.17, 15) is 34.0 Å². The van der Waals surface area contributed by atoms with E-state index < -0.39 is 93.2 Å². The van der Waals surface area contributed by atoms with Crippen LogP contribution in [0.25, 0.3) is 0 Å². The molecule has 0 spiro atoms. The standard InChI is InChI=1S/C21H32ClN2O15P/c1-12(2)37-18(28)32-10-35-40(31,36-11-33-19(29)38-13(3)4)34-9-21(8-22)15(26)20(5,30)16(39-21)24-7-6-14(25)23-17(24)27/h6-7,12-13,15-16,26,30H,8-11H2,1-5H3,(H,23,25,27). The monoisotopic (exact) mass is 618 g/mol. The van der Waals surface area contributed by atoms with Crippen LogP contribution in [0.1, 0.15) is 40.8 Å². The van der Waals surface area contributed by atoms with E-state index in [2.05, 4.69) is 9.47 Å². The Balaban J connectivity index is 2.22. The van der Waals surface area contributed by atoms with Gasteiger partial charge in [0.15, 0.2) is 6.23 Å². The van der Waals surface area contributed by atoms with Gasteiger partial charge in [-0.1, -0.05) is 0 Å². The van der Waals surface area contributed by atoms with Crippen LogP contribution in [-0.4, -0.2) is 87.7 Å². The first-order valence-electron chi connectivity index (χ1n) is 11.7. The number of halogens is 1. The quantitative estimate of drug-likeness (QED) is 0.123. The van der Waals surface area contributed by atoms with Gasteiger partial charge in [0.05, 0.1) is 24.7 Å². The van der Waals surface area contributed by atoms with Crippen molar-refractivity contribution in [2.24, 2.45) is 0 Å². The molecule has 4 atom stereocenters. The van der Waals surface area contributed by atoms with Gasteiger partial charge in [0.1, 0.15) is 17.3 Å². The van der Waals surface area contributed by atoms with Crippen LogP contribution in [0.4, 0.5) is 9.59 Å². The lowest BCUT2D eigenvalue weighted by Crippen LogP contribution is -2.53. The van der Waals surface area contributed by atoms with Crippen molar-refractivity contribution in [2.75, 3.05) is 26.1 Å². The lowest BCUT2D eigenvalue weighted by Gasteiger charge is -2.32. The molecule has 1 fully saturated rings. The molecule has 3 N–H and O–H groups in total. The number of hydrogen-bond acceptors (Lipinski definition) is 15. The molecule has 1 aromatic heterocycles. The average molecular weight is 619 g/mol. The number of nitrogens with zero attached hydrogens (tertiary/aromatic N) is 1. The molecule has 2 rings (SSSR count). The third-order valence-corrected chi connectivity index (χ3v) is 6.88. The minimum absolute atomic E-state index is 0.535. The van der Waals surface area contributed by atoms with Gasteiger partial charge in [0, 0.05) is 12.3 Å². The smallest absolute Gasteiger partial charge is 0.432 e. The molecule has 0 radical (unpaired) electrons. The van der Waals surface area contributed by atoms with E-state index >= 15 is 0 Å². The molecule has 0 saturated carbocycles. The van der Waals surface area contributed by atoms with E-state index in [1.54, 1.807) is 27.7 Å². The van der Waals surface area contributed by atoms with Gasteiger partial charge in [-0.05, 0) is 34.6 Å². The zero-order valence-electron chi connectivity index (χ0n) is 22.3. The molecule has 4 unspecified atom stereocenters. The number of aromatic nitrogens is 2. The molecule has 228 valence electrons. The summed E-state index contributed by atoms with van der Waals surface area (Å²) < 4.78 is 53.7. The number of alkyl halides is 1. The number of nitrogens with one attached hydrogen (secondary N) is 1. The number of aliphatic hydroxyl groups is 2. The molecule has 0 amide bonds. The summed E-state index contributed by atoms with van der Waals surface area (Å²) in [6, 6.07) is 0.981. The van der Waals surface area contributed by atoms with E-state index in [4.69, 9.17) is 39.4 Å². The molecule has 1 saturated heterocycles. The van der Waals surface area contributed by atoms with Crippen LogP contribution >= 0.6 is 19.4 Å². The number of carbonyl (C=O) groups is 2. The van der Waals surface area contributed by atoms with Crippen LogP contribution in [0.15, 0.2) is 21.9 Å². The van der Waals surface area contributed by atoms with Crippen LogP contribution in [0.5, 0.6) is 0 Å². The number of hydrogen-bond donors (Lipinski definition) is 3. The van der Waals surface area contributed by atoms with Crippen molar-refractivity contribution in [3.63, 3.8) is 0 Å². The minimum atomic E-state index is -4.80. The van der Waals surface area contributed by atoms with Gasteiger partial charge in [-0.2, -0.15) is 0 Å². The van der Waals surface area contributed by atoms with Crippen molar-refractivity contribution in [3.8, 4) is 0 Å².